The molecule has 1 amide bonds. The van der Waals surface area contributed by atoms with Gasteiger partial charge in [-0.3, -0.25) is 19.7 Å². The molecule has 2 rings (SSSR count). The molecule has 0 aliphatic rings. The predicted octanol–water partition coefficient (Wildman–Crippen LogP) is 2.81. The molecule has 7 nitrogen and oxygen atoms in total. The molecule has 7 heteroatoms. The molecule has 118 valence electrons. The minimum atomic E-state index is -0.517. The van der Waals surface area contributed by atoms with Crippen LogP contribution in [0.2, 0.25) is 0 Å². The van der Waals surface area contributed by atoms with Crippen LogP contribution in [0.4, 0.5) is 11.4 Å². The number of carbonyl (C=O) groups is 2. The Morgan fingerprint density at radius 2 is 1.87 bits per heavy atom. The quantitative estimate of drug-likeness (QED) is 0.502. The molecule has 0 radical (unpaired) electrons. The third-order valence-corrected chi connectivity index (χ3v) is 2.97. The second-order valence-electron chi connectivity index (χ2n) is 4.72. The second-order valence-corrected chi connectivity index (χ2v) is 4.72. The Morgan fingerprint density at radius 3 is 2.48 bits per heavy atom. The van der Waals surface area contributed by atoms with Crippen LogP contribution in [0.15, 0.2) is 48.5 Å². The lowest BCUT2D eigenvalue weighted by Crippen LogP contribution is -2.20. The van der Waals surface area contributed by atoms with E-state index in [0.29, 0.717) is 17.0 Å². The molecule has 0 saturated carbocycles. The normalized spacial score (nSPS) is 9.96. The van der Waals surface area contributed by atoms with Crippen LogP contribution in [0.5, 0.6) is 5.75 Å². The van der Waals surface area contributed by atoms with Gasteiger partial charge in [0, 0.05) is 23.4 Å². The number of ketones is 1. The van der Waals surface area contributed by atoms with Gasteiger partial charge in [-0.05, 0) is 31.2 Å². The first-order valence-corrected chi connectivity index (χ1v) is 6.74. The molecular formula is C16H14N2O5. The van der Waals surface area contributed by atoms with Crippen molar-refractivity contribution in [3.63, 3.8) is 0 Å². The third-order valence-electron chi connectivity index (χ3n) is 2.97. The van der Waals surface area contributed by atoms with E-state index in [0.717, 1.165) is 0 Å². The van der Waals surface area contributed by atoms with Gasteiger partial charge < -0.3 is 10.1 Å². The Labute approximate surface area is 132 Å². The summed E-state index contributed by atoms with van der Waals surface area (Å²) in [6.07, 6.45) is 0. The van der Waals surface area contributed by atoms with Crippen LogP contribution in [-0.2, 0) is 4.79 Å². The second kappa shape index (κ2) is 7.17. The van der Waals surface area contributed by atoms with Crippen molar-refractivity contribution in [2.75, 3.05) is 11.9 Å². The van der Waals surface area contributed by atoms with E-state index in [1.54, 1.807) is 24.3 Å². The maximum atomic E-state index is 11.8. The van der Waals surface area contributed by atoms with E-state index in [9.17, 15) is 19.7 Å². The maximum absolute atomic E-state index is 11.8. The lowest BCUT2D eigenvalue weighted by Gasteiger charge is -2.08. The van der Waals surface area contributed by atoms with Gasteiger partial charge >= 0.3 is 0 Å². The van der Waals surface area contributed by atoms with Gasteiger partial charge in [-0.15, -0.1) is 0 Å². The summed E-state index contributed by atoms with van der Waals surface area (Å²) in [5, 5.41) is 13.1. The van der Waals surface area contributed by atoms with Crippen molar-refractivity contribution in [3.8, 4) is 5.75 Å². The predicted molar refractivity (Wildman–Crippen MR) is 83.7 cm³/mol. The number of amides is 1. The highest BCUT2D eigenvalue weighted by Gasteiger charge is 2.08. The first kappa shape index (κ1) is 16.2. The van der Waals surface area contributed by atoms with Gasteiger partial charge in [-0.1, -0.05) is 12.1 Å². The molecule has 23 heavy (non-hydrogen) atoms. The standard InChI is InChI=1S/C16H14N2O5/c1-11(19)12-3-2-4-15(9-12)23-10-16(20)17-13-5-7-14(8-6-13)18(21)22/h2-9H,10H2,1H3,(H,17,20). The molecule has 0 unspecified atom stereocenters. The van der Waals surface area contributed by atoms with Crippen LogP contribution in [0.3, 0.4) is 0 Å². The van der Waals surface area contributed by atoms with E-state index in [-0.39, 0.29) is 18.1 Å². The molecule has 2 aromatic rings. The molecule has 0 aliphatic heterocycles. The number of ether oxygens (including phenoxy) is 1. The number of anilines is 1. The van der Waals surface area contributed by atoms with Crippen LogP contribution in [0, 0.1) is 10.1 Å². The lowest BCUT2D eigenvalue weighted by atomic mass is 10.1. The number of carbonyl (C=O) groups excluding carboxylic acids is 2. The van der Waals surface area contributed by atoms with Crippen molar-refractivity contribution in [1.29, 1.82) is 0 Å². The molecule has 0 heterocycles. The van der Waals surface area contributed by atoms with Crippen LogP contribution in [0.25, 0.3) is 0 Å². The van der Waals surface area contributed by atoms with Crippen molar-refractivity contribution in [2.45, 2.75) is 6.92 Å². The summed E-state index contributed by atoms with van der Waals surface area (Å²) in [7, 11) is 0. The highest BCUT2D eigenvalue weighted by molar-refractivity contribution is 5.94. The van der Waals surface area contributed by atoms with Gasteiger partial charge in [-0.25, -0.2) is 0 Å². The number of hydrogen-bond donors (Lipinski definition) is 1. The summed E-state index contributed by atoms with van der Waals surface area (Å²) in [6.45, 7) is 1.21. The molecule has 0 atom stereocenters. The van der Waals surface area contributed by atoms with Gasteiger partial charge in [0.1, 0.15) is 5.75 Å². The molecule has 1 N–H and O–H groups in total. The minimum Gasteiger partial charge on any atom is -0.484 e. The van der Waals surface area contributed by atoms with E-state index in [2.05, 4.69) is 5.32 Å². The van der Waals surface area contributed by atoms with E-state index in [4.69, 9.17) is 4.74 Å². The van der Waals surface area contributed by atoms with Crippen molar-refractivity contribution >= 4 is 23.1 Å². The monoisotopic (exact) mass is 314 g/mol. The van der Waals surface area contributed by atoms with Crippen molar-refractivity contribution < 1.29 is 19.2 Å². The summed E-state index contributed by atoms with van der Waals surface area (Å²) >= 11 is 0. The number of nitrogens with zero attached hydrogens (tertiary/aromatic N) is 1. The highest BCUT2D eigenvalue weighted by Crippen LogP contribution is 2.16. The number of hydrogen-bond acceptors (Lipinski definition) is 5. The van der Waals surface area contributed by atoms with Crippen molar-refractivity contribution in [1.82, 2.24) is 0 Å². The molecule has 0 fully saturated rings. The van der Waals surface area contributed by atoms with Crippen LogP contribution < -0.4 is 10.1 Å². The van der Waals surface area contributed by atoms with Gasteiger partial charge in [0.25, 0.3) is 11.6 Å². The molecular weight excluding hydrogens is 300 g/mol. The number of nitrogens with one attached hydrogen (secondary N) is 1. The van der Waals surface area contributed by atoms with E-state index >= 15 is 0 Å². The molecule has 0 spiro atoms. The largest absolute Gasteiger partial charge is 0.484 e. The Balaban J connectivity index is 1.91. The summed E-state index contributed by atoms with van der Waals surface area (Å²) in [4.78, 5) is 33.1. The fourth-order valence-electron chi connectivity index (χ4n) is 1.82. The summed E-state index contributed by atoms with van der Waals surface area (Å²) in [5.41, 5.74) is 0.875. The number of benzene rings is 2. The average Bonchev–Trinajstić information content (AvgIpc) is 2.53. The summed E-state index contributed by atoms with van der Waals surface area (Å²) in [6, 6.07) is 12.0. The maximum Gasteiger partial charge on any atom is 0.269 e. The number of nitro groups is 1. The fraction of sp³-hybridized carbons (Fsp3) is 0.125. The Kier molecular flexibility index (Phi) is 5.03. The average molecular weight is 314 g/mol. The van der Waals surface area contributed by atoms with Crippen molar-refractivity contribution in [2.24, 2.45) is 0 Å². The van der Waals surface area contributed by atoms with Crippen LogP contribution in [0.1, 0.15) is 17.3 Å². The van der Waals surface area contributed by atoms with E-state index in [1.807, 2.05) is 0 Å². The van der Waals surface area contributed by atoms with Gasteiger partial charge in [0.05, 0.1) is 4.92 Å². The molecule has 2 aromatic carbocycles. The topological polar surface area (TPSA) is 98.5 Å². The zero-order valence-corrected chi connectivity index (χ0v) is 12.3. The summed E-state index contributed by atoms with van der Waals surface area (Å²) in [5.74, 6) is -0.0885. The molecule has 0 aliphatic carbocycles. The number of Topliss-reactive ketones (excluding diaryl/α,β-unsaturated/α-hetero) is 1. The number of rotatable bonds is 6. The fourth-order valence-corrected chi connectivity index (χ4v) is 1.82. The molecule has 0 saturated heterocycles. The van der Waals surface area contributed by atoms with E-state index < -0.39 is 10.8 Å². The Bertz CT molecular complexity index is 740. The Morgan fingerprint density at radius 1 is 1.17 bits per heavy atom. The van der Waals surface area contributed by atoms with Gasteiger partial charge in [0.15, 0.2) is 12.4 Å². The Hall–Kier alpha value is -3.22. The van der Waals surface area contributed by atoms with Gasteiger partial charge in [-0.2, -0.15) is 0 Å². The number of nitro benzene ring substituents is 1. The zero-order valence-electron chi connectivity index (χ0n) is 12.3. The van der Waals surface area contributed by atoms with Gasteiger partial charge in [0.2, 0.25) is 0 Å². The SMILES string of the molecule is CC(=O)c1cccc(OCC(=O)Nc2ccc([N+](=O)[O-])cc2)c1. The first-order chi connectivity index (χ1) is 11.0. The van der Waals surface area contributed by atoms with Crippen LogP contribution >= 0.6 is 0 Å². The lowest BCUT2D eigenvalue weighted by molar-refractivity contribution is -0.384. The highest BCUT2D eigenvalue weighted by atomic mass is 16.6. The smallest absolute Gasteiger partial charge is 0.269 e. The summed E-state index contributed by atoms with van der Waals surface area (Å²) < 4.78 is 5.32. The van der Waals surface area contributed by atoms with Crippen molar-refractivity contribution in [3.05, 3.63) is 64.2 Å². The van der Waals surface area contributed by atoms with Crippen LogP contribution in [-0.4, -0.2) is 23.2 Å². The minimum absolute atomic E-state index is 0.0553. The zero-order chi connectivity index (χ0) is 16.8. The molecule has 0 bridgehead atoms. The van der Waals surface area contributed by atoms with E-state index in [1.165, 1.54) is 31.2 Å². The number of non-ortho nitro benzene ring substituents is 1. The third kappa shape index (κ3) is 4.63. The molecule has 0 aromatic heterocycles. The first-order valence-electron chi connectivity index (χ1n) is 6.74.